The number of methoxy groups -OCH3 is 2. The number of hydrogen-bond donors (Lipinski definition) is 3. The summed E-state index contributed by atoms with van der Waals surface area (Å²) in [5.41, 5.74) is 4.80. The number of nitrogens with one attached hydrogen (secondary N) is 2. The monoisotopic (exact) mass is 444 g/mol. The molecule has 0 radical (unpaired) electrons. The summed E-state index contributed by atoms with van der Waals surface area (Å²) in [5, 5.41) is 22.7. The summed E-state index contributed by atoms with van der Waals surface area (Å²) in [4.78, 5) is 22.5. The van der Waals surface area contributed by atoms with E-state index in [1.807, 2.05) is 0 Å². The van der Waals surface area contributed by atoms with Gasteiger partial charge < -0.3 is 19.3 Å². The molecule has 0 saturated heterocycles. The molecular weight excluding hydrogens is 416 g/mol. The van der Waals surface area contributed by atoms with Gasteiger partial charge in [0, 0.05) is 61.8 Å². The van der Waals surface area contributed by atoms with E-state index in [1.165, 1.54) is 0 Å². The van der Waals surface area contributed by atoms with Crippen molar-refractivity contribution < 1.29 is 28.9 Å². The molecule has 4 aliphatic rings. The Morgan fingerprint density at radius 1 is 0.938 bits per heavy atom. The summed E-state index contributed by atoms with van der Waals surface area (Å²) in [6, 6.07) is 0. The third-order valence-electron chi connectivity index (χ3n) is 7.40. The second kappa shape index (κ2) is 8.00. The van der Waals surface area contributed by atoms with Crippen LogP contribution < -0.4 is 0 Å². The first-order chi connectivity index (χ1) is 15.5. The minimum Gasteiger partial charge on any atom is -0.476 e. The predicted octanol–water partition coefficient (Wildman–Crippen LogP) is 1.76. The highest BCUT2D eigenvalue weighted by Gasteiger charge is 2.58. The Hall–Kier alpha value is -2.72. The highest BCUT2D eigenvalue weighted by molar-refractivity contribution is 5.89. The van der Waals surface area contributed by atoms with Crippen LogP contribution in [0.25, 0.3) is 0 Å². The molecule has 2 aromatic heterocycles. The number of rotatable bonds is 7. The van der Waals surface area contributed by atoms with Gasteiger partial charge in [-0.05, 0) is 43.4 Å². The standard InChI is InChI=1S/C12H16N2O3.C10H12N2O3/c1-3-17-12(15)11-7-4-6-8(5-16-2)9(6)10(7)13-14-11;1-15-3-6-4-2-5-8(7(4)6)11-12-9(5)10(13)14/h6,8-9H,3-5H2,1-2H3,(H,13,14);4,6-7H,2-3H2,1H3,(H,11,12)(H,13,14)/t6-,8+,9-;4-,6+,7-/m00/s1. The van der Waals surface area contributed by atoms with E-state index in [9.17, 15) is 9.59 Å². The van der Waals surface area contributed by atoms with Crippen LogP contribution in [-0.4, -0.2) is 71.5 Å². The van der Waals surface area contributed by atoms with Crippen LogP contribution in [0.15, 0.2) is 0 Å². The van der Waals surface area contributed by atoms with Crippen molar-refractivity contribution in [1.82, 2.24) is 20.4 Å². The lowest BCUT2D eigenvalue weighted by Gasteiger charge is -2.03. The van der Waals surface area contributed by atoms with Crippen LogP contribution in [0.2, 0.25) is 0 Å². The molecule has 172 valence electrons. The van der Waals surface area contributed by atoms with Crippen LogP contribution in [0.3, 0.4) is 0 Å². The van der Waals surface area contributed by atoms with Gasteiger partial charge in [-0.2, -0.15) is 10.2 Å². The van der Waals surface area contributed by atoms with Gasteiger partial charge in [-0.3, -0.25) is 10.2 Å². The minimum absolute atomic E-state index is 0.202. The number of aromatic amines is 2. The van der Waals surface area contributed by atoms with E-state index >= 15 is 0 Å². The van der Waals surface area contributed by atoms with Crippen molar-refractivity contribution in [2.75, 3.05) is 34.0 Å². The molecule has 10 nitrogen and oxygen atoms in total. The number of carboxylic acid groups (broad SMARTS) is 1. The van der Waals surface area contributed by atoms with Gasteiger partial charge in [-0.25, -0.2) is 9.59 Å². The van der Waals surface area contributed by atoms with Crippen LogP contribution >= 0.6 is 0 Å². The van der Waals surface area contributed by atoms with Crippen LogP contribution in [0.5, 0.6) is 0 Å². The lowest BCUT2D eigenvalue weighted by Crippen LogP contribution is -2.09. The Balaban J connectivity index is 0.000000136. The molecule has 0 aromatic carbocycles. The van der Waals surface area contributed by atoms with Crippen LogP contribution in [0.4, 0.5) is 0 Å². The molecule has 0 unspecified atom stereocenters. The maximum absolute atomic E-state index is 11.7. The second-order valence-electron chi connectivity index (χ2n) is 8.98. The number of hydrogen-bond acceptors (Lipinski definition) is 7. The third-order valence-corrected chi connectivity index (χ3v) is 7.40. The van der Waals surface area contributed by atoms with Gasteiger partial charge in [0.25, 0.3) is 0 Å². The first kappa shape index (κ1) is 21.1. The zero-order valence-electron chi connectivity index (χ0n) is 18.4. The van der Waals surface area contributed by atoms with Crippen molar-refractivity contribution in [3.05, 3.63) is 33.9 Å². The van der Waals surface area contributed by atoms with Crippen LogP contribution in [0, 0.1) is 23.7 Å². The maximum Gasteiger partial charge on any atom is 0.359 e. The molecule has 2 fully saturated rings. The summed E-state index contributed by atoms with van der Waals surface area (Å²) >= 11 is 0. The average molecular weight is 444 g/mol. The van der Waals surface area contributed by atoms with Crippen LogP contribution in [0.1, 0.15) is 62.3 Å². The Kier molecular flexibility index (Phi) is 5.29. The lowest BCUT2D eigenvalue weighted by molar-refractivity contribution is 0.0517. The Bertz CT molecular complexity index is 1050. The second-order valence-corrected chi connectivity index (χ2v) is 8.98. The average Bonchev–Trinajstić information content (AvgIpc) is 3.27. The number of esters is 1. The summed E-state index contributed by atoms with van der Waals surface area (Å²) in [7, 11) is 3.43. The van der Waals surface area contributed by atoms with Crippen molar-refractivity contribution in [1.29, 1.82) is 0 Å². The normalized spacial score (nSPS) is 29.8. The van der Waals surface area contributed by atoms with Gasteiger partial charge in [0.1, 0.15) is 0 Å². The zero-order chi connectivity index (χ0) is 22.6. The van der Waals surface area contributed by atoms with Gasteiger partial charge >= 0.3 is 11.9 Å². The van der Waals surface area contributed by atoms with Gasteiger partial charge in [0.2, 0.25) is 0 Å². The third kappa shape index (κ3) is 3.24. The number of carbonyl (C=O) groups excluding carboxylic acids is 1. The summed E-state index contributed by atoms with van der Waals surface area (Å²) in [5.74, 6) is 2.10. The Morgan fingerprint density at radius 2 is 1.44 bits per heavy atom. The molecule has 4 aliphatic carbocycles. The molecule has 0 spiro atoms. The highest BCUT2D eigenvalue weighted by Crippen LogP contribution is 2.62. The van der Waals surface area contributed by atoms with Gasteiger partial charge in [0.05, 0.1) is 6.61 Å². The number of H-pyrrole nitrogens is 2. The number of aromatic nitrogens is 4. The van der Waals surface area contributed by atoms with E-state index in [0.717, 1.165) is 48.6 Å². The first-order valence-electron chi connectivity index (χ1n) is 11.0. The zero-order valence-corrected chi connectivity index (χ0v) is 18.4. The fourth-order valence-electron chi connectivity index (χ4n) is 5.88. The van der Waals surface area contributed by atoms with E-state index < -0.39 is 5.97 Å². The van der Waals surface area contributed by atoms with E-state index in [1.54, 1.807) is 21.1 Å². The molecule has 3 N–H and O–H groups in total. The van der Waals surface area contributed by atoms with E-state index in [4.69, 9.17) is 19.3 Å². The number of nitrogens with zero attached hydrogens (tertiary/aromatic N) is 2. The molecule has 6 atom stereocenters. The molecule has 0 aliphatic heterocycles. The van der Waals surface area contributed by atoms with Crippen molar-refractivity contribution in [3.8, 4) is 0 Å². The number of fused-ring (bicyclic) bond motifs is 6. The van der Waals surface area contributed by atoms with Crippen molar-refractivity contribution in [3.63, 3.8) is 0 Å². The number of aromatic carboxylic acids is 1. The topological polar surface area (TPSA) is 139 Å². The number of ether oxygens (including phenoxy) is 3. The minimum atomic E-state index is -0.933. The fraction of sp³-hybridized carbons (Fsp3) is 0.636. The van der Waals surface area contributed by atoms with Crippen LogP contribution in [-0.2, 0) is 27.1 Å². The molecule has 2 saturated carbocycles. The maximum atomic E-state index is 11.7. The lowest BCUT2D eigenvalue weighted by atomic mass is 10.1. The van der Waals surface area contributed by atoms with E-state index in [0.29, 0.717) is 47.8 Å². The smallest absolute Gasteiger partial charge is 0.359 e. The molecule has 10 heteroatoms. The Labute approximate surface area is 185 Å². The summed E-state index contributed by atoms with van der Waals surface area (Å²) in [6.07, 6.45) is 1.77. The largest absolute Gasteiger partial charge is 0.476 e. The Morgan fingerprint density at radius 3 is 1.91 bits per heavy atom. The number of carbonyl (C=O) groups is 2. The molecule has 2 aromatic rings. The molecule has 0 amide bonds. The van der Waals surface area contributed by atoms with Crippen molar-refractivity contribution >= 4 is 11.9 Å². The van der Waals surface area contributed by atoms with Crippen molar-refractivity contribution in [2.24, 2.45) is 23.7 Å². The van der Waals surface area contributed by atoms with Gasteiger partial charge in [-0.1, -0.05) is 0 Å². The van der Waals surface area contributed by atoms with E-state index in [-0.39, 0.29) is 11.7 Å². The molecule has 32 heavy (non-hydrogen) atoms. The highest BCUT2D eigenvalue weighted by atomic mass is 16.5. The van der Waals surface area contributed by atoms with Gasteiger partial charge in [-0.15, -0.1) is 0 Å². The fourth-order valence-corrected chi connectivity index (χ4v) is 5.88. The molecular formula is C22H28N4O6. The predicted molar refractivity (Wildman–Crippen MR) is 111 cm³/mol. The van der Waals surface area contributed by atoms with Crippen molar-refractivity contribution in [2.45, 2.75) is 31.6 Å². The molecule has 0 bridgehead atoms. The quantitative estimate of drug-likeness (QED) is 0.549. The molecule has 6 rings (SSSR count). The number of carboxylic acids is 1. The van der Waals surface area contributed by atoms with E-state index in [2.05, 4.69) is 20.4 Å². The SMILES string of the molecule is CCOC(=O)c1n[nH]c2c1C[C@H]1[C@@H](COC)[C@@H]21.COC[C@@H]1[C@@H]2Cc3c(C(=O)O)n[nH]c3[C@H]12. The van der Waals surface area contributed by atoms with Gasteiger partial charge in [0.15, 0.2) is 11.4 Å². The summed E-state index contributed by atoms with van der Waals surface area (Å²) < 4.78 is 15.3. The summed E-state index contributed by atoms with van der Waals surface area (Å²) in [6.45, 7) is 3.75. The first-order valence-corrected chi connectivity index (χ1v) is 11.0. The molecule has 2 heterocycles.